The van der Waals surface area contributed by atoms with Gasteiger partial charge in [0.15, 0.2) is 0 Å². The molecule has 0 spiro atoms. The second-order valence-electron chi connectivity index (χ2n) is 3.14. The molecule has 1 N–H and O–H groups in total. The molecule has 0 atom stereocenters. The van der Waals surface area contributed by atoms with Gasteiger partial charge >= 0.3 is 6.09 Å². The molecule has 0 saturated heterocycles. The summed E-state index contributed by atoms with van der Waals surface area (Å²) in [5, 5.41) is 8.73. The molecule has 5 nitrogen and oxygen atoms in total. The minimum Gasteiger partial charge on any atom is -0.447 e. The predicted octanol–water partition coefficient (Wildman–Crippen LogP) is 0.472. The third-order valence-corrected chi connectivity index (χ3v) is 1.53. The monoisotopic (exact) mass is 205 g/mol. The highest BCUT2D eigenvalue weighted by atomic mass is 16.6. The van der Waals surface area contributed by atoms with Crippen LogP contribution in [0.15, 0.2) is 0 Å². The largest absolute Gasteiger partial charge is 0.447 e. The highest BCUT2D eigenvalue weighted by molar-refractivity contribution is 5.67. The van der Waals surface area contributed by atoms with E-state index >= 15 is 0 Å². The molecule has 0 saturated carbocycles. The van der Waals surface area contributed by atoms with Crippen molar-refractivity contribution < 1.29 is 19.4 Å². The molecule has 84 valence electrons. The van der Waals surface area contributed by atoms with Gasteiger partial charge in [0.2, 0.25) is 0 Å². The lowest BCUT2D eigenvalue weighted by Gasteiger charge is -2.21. The van der Waals surface area contributed by atoms with Crippen LogP contribution in [0.2, 0.25) is 0 Å². The smallest absolute Gasteiger partial charge is 0.410 e. The van der Waals surface area contributed by atoms with Gasteiger partial charge < -0.3 is 19.5 Å². The van der Waals surface area contributed by atoms with Gasteiger partial charge in [-0.1, -0.05) is 0 Å². The molecule has 0 aliphatic rings. The average molecular weight is 205 g/mol. The summed E-state index contributed by atoms with van der Waals surface area (Å²) in [6.45, 7) is 4.64. The number of methoxy groups -OCH3 is 1. The van der Waals surface area contributed by atoms with Gasteiger partial charge in [-0.25, -0.2) is 4.79 Å². The van der Waals surface area contributed by atoms with Crippen LogP contribution in [0.4, 0.5) is 4.79 Å². The van der Waals surface area contributed by atoms with Crippen LogP contribution in [-0.2, 0) is 9.47 Å². The van der Waals surface area contributed by atoms with Gasteiger partial charge in [0.25, 0.3) is 0 Å². The first kappa shape index (κ1) is 13.2. The van der Waals surface area contributed by atoms with Crippen LogP contribution in [0.25, 0.3) is 0 Å². The van der Waals surface area contributed by atoms with E-state index in [1.807, 2.05) is 0 Å². The fourth-order valence-corrected chi connectivity index (χ4v) is 0.893. The summed E-state index contributed by atoms with van der Waals surface area (Å²) < 4.78 is 9.82. The first-order chi connectivity index (χ1) is 6.61. The highest BCUT2D eigenvalue weighted by Crippen LogP contribution is 1.97. The van der Waals surface area contributed by atoms with Crippen molar-refractivity contribution in [2.75, 3.05) is 33.4 Å². The Morgan fingerprint density at radius 1 is 1.43 bits per heavy atom. The number of rotatable bonds is 6. The van der Waals surface area contributed by atoms with Crippen molar-refractivity contribution in [2.45, 2.75) is 20.0 Å². The van der Waals surface area contributed by atoms with E-state index in [9.17, 15) is 4.79 Å². The number of hydrogen-bond acceptors (Lipinski definition) is 4. The fourth-order valence-electron chi connectivity index (χ4n) is 0.893. The number of aliphatic hydroxyl groups excluding tert-OH is 1. The minimum absolute atomic E-state index is 0.0725. The molecular weight excluding hydrogens is 186 g/mol. The molecule has 0 unspecified atom stereocenters. The van der Waals surface area contributed by atoms with Crippen LogP contribution >= 0.6 is 0 Å². The molecule has 0 bridgehead atoms. The normalized spacial score (nSPS) is 10.4. The molecule has 0 rings (SSSR count). The Morgan fingerprint density at radius 3 is 2.50 bits per heavy atom. The predicted molar refractivity (Wildman–Crippen MR) is 52.2 cm³/mol. The molecule has 0 aliphatic carbocycles. The van der Waals surface area contributed by atoms with Gasteiger partial charge in [0, 0.05) is 20.2 Å². The molecule has 0 aromatic carbocycles. The highest BCUT2D eigenvalue weighted by Gasteiger charge is 2.14. The van der Waals surface area contributed by atoms with Gasteiger partial charge in [0.05, 0.1) is 19.3 Å². The molecule has 0 heterocycles. The lowest BCUT2D eigenvalue weighted by Crippen LogP contribution is -2.37. The lowest BCUT2D eigenvalue weighted by molar-refractivity contribution is 0.0603. The fraction of sp³-hybridized carbons (Fsp3) is 0.889. The minimum atomic E-state index is -0.411. The second-order valence-corrected chi connectivity index (χ2v) is 3.14. The molecule has 5 heteroatoms. The van der Waals surface area contributed by atoms with E-state index in [1.54, 1.807) is 21.0 Å². The summed E-state index contributed by atoms with van der Waals surface area (Å²) in [7, 11) is 1.56. The molecule has 0 fully saturated rings. The summed E-state index contributed by atoms with van der Waals surface area (Å²) in [5.41, 5.74) is 0. The van der Waals surface area contributed by atoms with Crippen LogP contribution in [0.3, 0.4) is 0 Å². The van der Waals surface area contributed by atoms with Crippen molar-refractivity contribution in [3.63, 3.8) is 0 Å². The Kier molecular flexibility index (Phi) is 7.14. The topological polar surface area (TPSA) is 59.0 Å². The Balaban J connectivity index is 3.97. The Labute approximate surface area is 84.6 Å². The number of aliphatic hydroxyl groups is 1. The van der Waals surface area contributed by atoms with Crippen molar-refractivity contribution >= 4 is 6.09 Å². The summed E-state index contributed by atoms with van der Waals surface area (Å²) >= 11 is 0. The number of carbonyl (C=O) groups excluding carboxylic acids is 1. The Morgan fingerprint density at radius 2 is 2.07 bits per heavy atom. The van der Waals surface area contributed by atoms with Crippen molar-refractivity contribution in [3.05, 3.63) is 0 Å². The summed E-state index contributed by atoms with van der Waals surface area (Å²) in [6.07, 6.45) is -0.558. The molecule has 1 amide bonds. The lowest BCUT2D eigenvalue weighted by atomic mass is 10.5. The van der Waals surface area contributed by atoms with Gasteiger partial charge in [-0.3, -0.25) is 0 Å². The number of ether oxygens (including phenoxy) is 2. The standard InChI is InChI=1S/C9H19NO4/c1-8(2)14-9(12)10(4-6-11)5-7-13-3/h8,11H,4-7H2,1-3H3. The van der Waals surface area contributed by atoms with Crippen LogP contribution in [-0.4, -0.2) is 55.6 Å². The molecule has 0 aromatic heterocycles. The second kappa shape index (κ2) is 7.58. The van der Waals surface area contributed by atoms with Crippen LogP contribution in [0.1, 0.15) is 13.8 Å². The average Bonchev–Trinajstić information content (AvgIpc) is 2.10. The Hall–Kier alpha value is -0.810. The molecular formula is C9H19NO4. The number of hydrogen-bond donors (Lipinski definition) is 1. The quantitative estimate of drug-likeness (QED) is 0.685. The third kappa shape index (κ3) is 5.77. The van der Waals surface area contributed by atoms with E-state index in [0.717, 1.165) is 0 Å². The van der Waals surface area contributed by atoms with E-state index in [0.29, 0.717) is 13.2 Å². The van der Waals surface area contributed by atoms with E-state index in [1.165, 1.54) is 4.90 Å². The third-order valence-electron chi connectivity index (χ3n) is 1.53. The maximum absolute atomic E-state index is 11.4. The van der Waals surface area contributed by atoms with Crippen LogP contribution in [0.5, 0.6) is 0 Å². The first-order valence-corrected chi connectivity index (χ1v) is 4.67. The van der Waals surface area contributed by atoms with E-state index in [2.05, 4.69) is 0 Å². The van der Waals surface area contributed by atoms with Crippen molar-refractivity contribution in [2.24, 2.45) is 0 Å². The zero-order valence-corrected chi connectivity index (χ0v) is 9.02. The molecule has 14 heavy (non-hydrogen) atoms. The van der Waals surface area contributed by atoms with Crippen LogP contribution < -0.4 is 0 Å². The van der Waals surface area contributed by atoms with E-state index < -0.39 is 6.09 Å². The van der Waals surface area contributed by atoms with Crippen LogP contribution in [0, 0.1) is 0 Å². The summed E-state index contributed by atoms with van der Waals surface area (Å²) in [4.78, 5) is 12.8. The van der Waals surface area contributed by atoms with Crippen molar-refractivity contribution in [1.29, 1.82) is 0 Å². The SMILES string of the molecule is COCCN(CCO)C(=O)OC(C)C. The van der Waals surface area contributed by atoms with Gasteiger partial charge in [-0.15, -0.1) is 0 Å². The number of nitrogens with zero attached hydrogens (tertiary/aromatic N) is 1. The molecule has 0 radical (unpaired) electrons. The summed E-state index contributed by atoms with van der Waals surface area (Å²) in [6, 6.07) is 0. The van der Waals surface area contributed by atoms with Crippen molar-refractivity contribution in [1.82, 2.24) is 4.90 Å². The maximum atomic E-state index is 11.4. The molecule has 0 aliphatic heterocycles. The van der Waals surface area contributed by atoms with E-state index in [4.69, 9.17) is 14.6 Å². The van der Waals surface area contributed by atoms with Gasteiger partial charge in [-0.2, -0.15) is 0 Å². The number of carbonyl (C=O) groups is 1. The zero-order valence-electron chi connectivity index (χ0n) is 9.02. The Bertz CT molecular complexity index is 161. The molecule has 0 aromatic rings. The van der Waals surface area contributed by atoms with Crippen molar-refractivity contribution in [3.8, 4) is 0 Å². The van der Waals surface area contributed by atoms with E-state index in [-0.39, 0.29) is 19.3 Å². The summed E-state index contributed by atoms with van der Waals surface area (Å²) in [5.74, 6) is 0. The zero-order chi connectivity index (χ0) is 11.0. The van der Waals surface area contributed by atoms with Gasteiger partial charge in [-0.05, 0) is 13.8 Å². The maximum Gasteiger partial charge on any atom is 0.410 e. The first-order valence-electron chi connectivity index (χ1n) is 4.67. The van der Waals surface area contributed by atoms with Gasteiger partial charge in [0.1, 0.15) is 0 Å². The number of amides is 1.